The van der Waals surface area contributed by atoms with Gasteiger partial charge in [-0.1, -0.05) is 54.5 Å². The fourth-order valence-electron chi connectivity index (χ4n) is 1.89. The molecule has 0 N–H and O–H groups in total. The van der Waals surface area contributed by atoms with Crippen LogP contribution in [0.5, 0.6) is 0 Å². The van der Waals surface area contributed by atoms with E-state index < -0.39 is 0 Å². The molecule has 2 atom stereocenters. The lowest BCUT2D eigenvalue weighted by molar-refractivity contribution is 0.586. The van der Waals surface area contributed by atoms with E-state index in [2.05, 4.69) is 61.1 Å². The van der Waals surface area contributed by atoms with E-state index in [0.717, 1.165) is 17.3 Å². The van der Waals surface area contributed by atoms with Gasteiger partial charge in [0, 0.05) is 0 Å². The van der Waals surface area contributed by atoms with Gasteiger partial charge in [-0.25, -0.2) is 0 Å². The van der Waals surface area contributed by atoms with Crippen LogP contribution in [0.25, 0.3) is 0 Å². The average Bonchev–Trinajstić information content (AvgIpc) is 3.12. The Labute approximate surface area is 115 Å². The Bertz CT molecular complexity index is 287. The summed E-state index contributed by atoms with van der Waals surface area (Å²) in [5.74, 6) is 1.81. The molecule has 0 heteroatoms. The zero-order valence-corrected chi connectivity index (χ0v) is 13.8. The number of rotatable bonds is 1. The molecule has 2 unspecified atom stereocenters. The van der Waals surface area contributed by atoms with Crippen LogP contribution < -0.4 is 0 Å². The van der Waals surface area contributed by atoms with E-state index in [9.17, 15) is 0 Å². The second-order valence-corrected chi connectivity index (χ2v) is 8.79. The minimum atomic E-state index is 0.599. The third-order valence-corrected chi connectivity index (χ3v) is 5.13. The van der Waals surface area contributed by atoms with Crippen molar-refractivity contribution in [1.82, 2.24) is 0 Å². The highest BCUT2D eigenvalue weighted by Crippen LogP contribution is 2.52. The maximum Gasteiger partial charge on any atom is -0.0179 e. The topological polar surface area (TPSA) is 0 Å². The smallest absolute Gasteiger partial charge is 0.0179 e. The van der Waals surface area contributed by atoms with Crippen molar-refractivity contribution in [3.05, 3.63) is 12.7 Å². The lowest BCUT2D eigenvalue weighted by Gasteiger charge is -1.93. The molecule has 0 amide bonds. The van der Waals surface area contributed by atoms with Crippen LogP contribution >= 0.6 is 0 Å². The van der Waals surface area contributed by atoms with Gasteiger partial charge in [0.1, 0.15) is 0 Å². The molecule has 3 aliphatic carbocycles. The normalized spacial score (nSPS) is 35.1. The molecule has 0 nitrogen and oxygen atoms in total. The molecule has 0 aromatic carbocycles. The standard InChI is InChI=1S/C7H12.C6H12.C5H10/c1-4-6-5-7(6,2)3;1-5-4-6(5,2)3;1-5(2)3-4-5/h4,6H,1,5H2,2-3H3;5H,4H2,1-3H3;3-4H2,1-2H3. The molecule has 0 aromatic heterocycles. The minimum Gasteiger partial charge on any atom is -0.103 e. The molecule has 0 heterocycles. The van der Waals surface area contributed by atoms with Crippen LogP contribution in [-0.2, 0) is 0 Å². The van der Waals surface area contributed by atoms with E-state index in [1.165, 1.54) is 25.7 Å². The van der Waals surface area contributed by atoms with Gasteiger partial charge in [-0.15, -0.1) is 6.58 Å². The quantitative estimate of drug-likeness (QED) is 0.495. The van der Waals surface area contributed by atoms with Gasteiger partial charge >= 0.3 is 0 Å². The van der Waals surface area contributed by atoms with Crippen LogP contribution in [0.4, 0.5) is 0 Å². The predicted octanol–water partition coefficient (Wildman–Crippen LogP) is 6.08. The average molecular weight is 250 g/mol. The SMILES string of the molecule is C=CC1CC1(C)C.CC1(C)CC1.CC1CC1(C)C. The summed E-state index contributed by atoms with van der Waals surface area (Å²) >= 11 is 0. The Morgan fingerprint density at radius 3 is 1.17 bits per heavy atom. The van der Waals surface area contributed by atoms with Crippen LogP contribution in [0.1, 0.15) is 74.1 Å². The molecule has 0 aromatic rings. The predicted molar refractivity (Wildman–Crippen MR) is 82.7 cm³/mol. The van der Waals surface area contributed by atoms with E-state index in [1.807, 2.05) is 0 Å². The molecule has 3 rings (SSSR count). The number of hydrogen-bond donors (Lipinski definition) is 0. The molecule has 0 radical (unpaired) electrons. The first kappa shape index (κ1) is 15.8. The summed E-state index contributed by atoms with van der Waals surface area (Å²) in [5, 5.41) is 0. The van der Waals surface area contributed by atoms with Crippen molar-refractivity contribution in [1.29, 1.82) is 0 Å². The van der Waals surface area contributed by atoms with E-state index in [0.29, 0.717) is 10.8 Å². The lowest BCUT2D eigenvalue weighted by atomic mass is 10.1. The van der Waals surface area contributed by atoms with Crippen molar-refractivity contribution in [2.45, 2.75) is 74.1 Å². The highest BCUT2D eigenvalue weighted by molar-refractivity contribution is 5.04. The van der Waals surface area contributed by atoms with Crippen molar-refractivity contribution < 1.29 is 0 Å². The van der Waals surface area contributed by atoms with Gasteiger partial charge in [0.05, 0.1) is 0 Å². The molecular weight excluding hydrogens is 216 g/mol. The van der Waals surface area contributed by atoms with E-state index in [4.69, 9.17) is 0 Å². The van der Waals surface area contributed by atoms with Gasteiger partial charge in [-0.2, -0.15) is 0 Å². The van der Waals surface area contributed by atoms with Crippen molar-refractivity contribution in [2.24, 2.45) is 28.1 Å². The van der Waals surface area contributed by atoms with Crippen molar-refractivity contribution in [2.75, 3.05) is 0 Å². The van der Waals surface area contributed by atoms with E-state index in [1.54, 1.807) is 0 Å². The number of hydrogen-bond acceptors (Lipinski definition) is 0. The summed E-state index contributed by atoms with van der Waals surface area (Å²) in [6.07, 6.45) is 7.74. The first-order valence-corrected chi connectivity index (χ1v) is 7.63. The first-order valence-electron chi connectivity index (χ1n) is 7.63. The van der Waals surface area contributed by atoms with Crippen LogP contribution in [0, 0.1) is 28.1 Å². The first-order chi connectivity index (χ1) is 8.00. The van der Waals surface area contributed by atoms with Crippen molar-refractivity contribution >= 4 is 0 Å². The second-order valence-electron chi connectivity index (χ2n) is 8.79. The zero-order chi connectivity index (χ0) is 14.2. The van der Waals surface area contributed by atoms with Gasteiger partial charge in [0.15, 0.2) is 0 Å². The van der Waals surface area contributed by atoms with Gasteiger partial charge in [-0.05, 0) is 53.8 Å². The molecule has 0 aliphatic heterocycles. The van der Waals surface area contributed by atoms with Crippen LogP contribution in [-0.4, -0.2) is 0 Å². The Morgan fingerprint density at radius 2 is 1.17 bits per heavy atom. The molecule has 0 saturated heterocycles. The van der Waals surface area contributed by atoms with Gasteiger partial charge < -0.3 is 0 Å². The Morgan fingerprint density at radius 1 is 0.889 bits per heavy atom. The molecule has 106 valence electrons. The molecule has 3 aliphatic rings. The van der Waals surface area contributed by atoms with Gasteiger partial charge in [0.25, 0.3) is 0 Å². The highest BCUT2D eigenvalue weighted by Gasteiger charge is 2.42. The third-order valence-electron chi connectivity index (χ3n) is 5.13. The summed E-state index contributed by atoms with van der Waals surface area (Å²) in [4.78, 5) is 0. The largest absolute Gasteiger partial charge is 0.103 e. The van der Waals surface area contributed by atoms with E-state index >= 15 is 0 Å². The molecule has 3 saturated carbocycles. The van der Waals surface area contributed by atoms with Crippen LogP contribution in [0.3, 0.4) is 0 Å². The molecule has 0 spiro atoms. The maximum atomic E-state index is 3.72. The van der Waals surface area contributed by atoms with E-state index in [-0.39, 0.29) is 0 Å². The molecule has 3 fully saturated rings. The summed E-state index contributed by atoms with van der Waals surface area (Å²) < 4.78 is 0. The fourth-order valence-corrected chi connectivity index (χ4v) is 1.89. The highest BCUT2D eigenvalue weighted by atomic mass is 14.5. The van der Waals surface area contributed by atoms with Gasteiger partial charge in [-0.3, -0.25) is 0 Å². The Balaban J connectivity index is 0.000000137. The minimum absolute atomic E-state index is 0.599. The zero-order valence-electron chi connectivity index (χ0n) is 13.8. The Hall–Kier alpha value is -0.260. The lowest BCUT2D eigenvalue weighted by Crippen LogP contribution is -1.84. The van der Waals surface area contributed by atoms with Crippen molar-refractivity contribution in [3.8, 4) is 0 Å². The van der Waals surface area contributed by atoms with Gasteiger partial charge in [0.2, 0.25) is 0 Å². The van der Waals surface area contributed by atoms with Crippen LogP contribution in [0.15, 0.2) is 12.7 Å². The molecular formula is C18H34. The van der Waals surface area contributed by atoms with Crippen LogP contribution in [0.2, 0.25) is 0 Å². The number of allylic oxidation sites excluding steroid dienone is 1. The third kappa shape index (κ3) is 5.59. The fraction of sp³-hybridized carbons (Fsp3) is 0.889. The summed E-state index contributed by atoms with van der Waals surface area (Å²) in [5.41, 5.74) is 2.06. The summed E-state index contributed by atoms with van der Waals surface area (Å²) in [6.45, 7) is 19.8. The monoisotopic (exact) mass is 250 g/mol. The maximum absolute atomic E-state index is 3.72. The summed E-state index contributed by atoms with van der Waals surface area (Å²) in [7, 11) is 0. The Kier molecular flexibility index (Phi) is 4.41. The van der Waals surface area contributed by atoms with Crippen molar-refractivity contribution in [3.63, 3.8) is 0 Å². The molecule has 0 bridgehead atoms. The molecule has 18 heavy (non-hydrogen) atoms. The summed E-state index contributed by atoms with van der Waals surface area (Å²) in [6, 6.07) is 0. The second kappa shape index (κ2) is 5.02.